The van der Waals surface area contributed by atoms with E-state index in [1.165, 1.54) is 5.56 Å². The number of hydrogen-bond donors (Lipinski definition) is 0. The van der Waals surface area contributed by atoms with E-state index in [0.717, 1.165) is 37.9 Å². The molecule has 2 saturated carbocycles. The van der Waals surface area contributed by atoms with Crippen LogP contribution in [0.25, 0.3) is 0 Å². The van der Waals surface area contributed by atoms with E-state index in [1.807, 2.05) is 36.9 Å². The van der Waals surface area contributed by atoms with Crippen molar-refractivity contribution in [1.29, 1.82) is 0 Å². The van der Waals surface area contributed by atoms with Gasteiger partial charge in [0.2, 0.25) is 5.91 Å². The minimum absolute atomic E-state index is 0.0607. The first-order valence-electron chi connectivity index (χ1n) is 7.91. The predicted octanol–water partition coefficient (Wildman–Crippen LogP) is 2.97. The fourth-order valence-corrected chi connectivity index (χ4v) is 4.77. The van der Waals surface area contributed by atoms with Crippen LogP contribution in [0.5, 0.6) is 0 Å². The number of hydrogen-bond acceptors (Lipinski definition) is 2. The van der Waals surface area contributed by atoms with Gasteiger partial charge in [-0.05, 0) is 43.2 Å². The fourth-order valence-electron chi connectivity index (χ4n) is 4.77. The molecule has 0 saturated heterocycles. The Labute approximate surface area is 125 Å². The molecular formula is C18H21NO2. The van der Waals surface area contributed by atoms with Crippen LogP contribution in [0.1, 0.15) is 38.7 Å². The summed E-state index contributed by atoms with van der Waals surface area (Å²) in [5.74, 6) is 0.623. The highest BCUT2D eigenvalue weighted by molar-refractivity contribution is 6.16. The minimum Gasteiger partial charge on any atom is -0.311 e. The zero-order valence-corrected chi connectivity index (χ0v) is 12.7. The van der Waals surface area contributed by atoms with Gasteiger partial charge in [-0.2, -0.15) is 0 Å². The van der Waals surface area contributed by atoms with Gasteiger partial charge in [-0.25, -0.2) is 0 Å². The van der Waals surface area contributed by atoms with Crippen molar-refractivity contribution >= 4 is 17.4 Å². The van der Waals surface area contributed by atoms with E-state index in [4.69, 9.17) is 0 Å². The number of Topliss-reactive ketones (excluding diaryl/α,β-unsaturated/α-hetero) is 1. The molecule has 1 amide bonds. The maximum atomic E-state index is 13.2. The molecule has 2 atom stereocenters. The van der Waals surface area contributed by atoms with Gasteiger partial charge in [-0.15, -0.1) is 0 Å². The number of amides is 1. The van der Waals surface area contributed by atoms with Crippen molar-refractivity contribution in [2.75, 3.05) is 11.4 Å². The Kier molecular flexibility index (Phi) is 2.46. The predicted molar refractivity (Wildman–Crippen MR) is 81.1 cm³/mol. The monoisotopic (exact) mass is 283 g/mol. The van der Waals surface area contributed by atoms with E-state index in [1.54, 1.807) is 0 Å². The zero-order valence-electron chi connectivity index (χ0n) is 12.7. The Morgan fingerprint density at radius 1 is 1.29 bits per heavy atom. The number of carbonyl (C=O) groups excluding carboxylic acids is 2. The van der Waals surface area contributed by atoms with Crippen LogP contribution >= 0.6 is 0 Å². The largest absolute Gasteiger partial charge is 0.311 e. The number of benzene rings is 1. The number of rotatable bonds is 1. The normalized spacial score (nSPS) is 32.6. The van der Waals surface area contributed by atoms with Crippen LogP contribution < -0.4 is 4.90 Å². The van der Waals surface area contributed by atoms with Crippen molar-refractivity contribution < 1.29 is 9.59 Å². The van der Waals surface area contributed by atoms with E-state index in [0.29, 0.717) is 5.92 Å². The summed E-state index contributed by atoms with van der Waals surface area (Å²) < 4.78 is 0. The second kappa shape index (κ2) is 3.96. The van der Waals surface area contributed by atoms with Crippen molar-refractivity contribution in [3.05, 3.63) is 29.8 Å². The molecule has 1 aromatic rings. The molecule has 2 bridgehead atoms. The number of nitrogens with zero attached hydrogens (tertiary/aromatic N) is 1. The Bertz CT molecular complexity index is 648. The number of fused-ring (bicyclic) bond motifs is 3. The summed E-state index contributed by atoms with van der Waals surface area (Å²) in [5.41, 5.74) is 1.18. The lowest BCUT2D eigenvalue weighted by molar-refractivity contribution is -0.143. The Morgan fingerprint density at radius 3 is 2.76 bits per heavy atom. The molecule has 0 radical (unpaired) electrons. The maximum Gasteiger partial charge on any atom is 0.240 e. The molecule has 2 aliphatic carbocycles. The molecule has 0 spiro atoms. The van der Waals surface area contributed by atoms with Gasteiger partial charge in [0.25, 0.3) is 0 Å². The van der Waals surface area contributed by atoms with Crippen LogP contribution in [0.2, 0.25) is 0 Å². The first-order valence-corrected chi connectivity index (χ1v) is 7.91. The highest BCUT2D eigenvalue weighted by Gasteiger charge is 2.66. The van der Waals surface area contributed by atoms with Gasteiger partial charge in [0.05, 0.1) is 0 Å². The number of para-hydroxylation sites is 1. The van der Waals surface area contributed by atoms with Crippen LogP contribution in [0.15, 0.2) is 24.3 Å². The molecular weight excluding hydrogens is 262 g/mol. The molecule has 110 valence electrons. The summed E-state index contributed by atoms with van der Waals surface area (Å²) in [6.45, 7) is 4.76. The molecule has 3 nitrogen and oxygen atoms in total. The molecule has 4 rings (SSSR count). The molecule has 2 fully saturated rings. The van der Waals surface area contributed by atoms with E-state index in [2.05, 4.69) is 6.07 Å². The number of carbonyl (C=O) groups is 2. The lowest BCUT2D eigenvalue weighted by Gasteiger charge is -2.34. The summed E-state index contributed by atoms with van der Waals surface area (Å²) in [6.07, 6.45) is 3.42. The first-order chi connectivity index (χ1) is 9.97. The molecule has 1 aliphatic heterocycles. The molecule has 3 aliphatic rings. The summed E-state index contributed by atoms with van der Waals surface area (Å²) >= 11 is 0. The summed E-state index contributed by atoms with van der Waals surface area (Å²) in [6, 6.07) is 8.08. The van der Waals surface area contributed by atoms with Gasteiger partial charge in [0.15, 0.2) is 5.78 Å². The number of anilines is 1. The van der Waals surface area contributed by atoms with Crippen molar-refractivity contribution in [2.24, 2.45) is 16.7 Å². The molecule has 21 heavy (non-hydrogen) atoms. The Balaban J connectivity index is 1.72. The molecule has 0 N–H and O–H groups in total. The van der Waals surface area contributed by atoms with Gasteiger partial charge in [-0.3, -0.25) is 9.59 Å². The number of ketones is 1. The zero-order chi connectivity index (χ0) is 14.8. The Hall–Kier alpha value is -1.64. The van der Waals surface area contributed by atoms with Crippen molar-refractivity contribution in [2.45, 2.75) is 39.5 Å². The molecule has 1 aromatic carbocycles. The lowest BCUT2D eigenvalue weighted by Crippen LogP contribution is -2.48. The second-order valence-corrected chi connectivity index (χ2v) is 7.41. The van der Waals surface area contributed by atoms with E-state index in [9.17, 15) is 9.59 Å². The van der Waals surface area contributed by atoms with Crippen LogP contribution in [0.4, 0.5) is 5.69 Å². The van der Waals surface area contributed by atoms with E-state index in [-0.39, 0.29) is 17.1 Å². The highest BCUT2D eigenvalue weighted by Crippen LogP contribution is 2.61. The van der Waals surface area contributed by atoms with Crippen LogP contribution in [0.3, 0.4) is 0 Å². The third kappa shape index (κ3) is 1.49. The molecule has 3 heteroatoms. The van der Waals surface area contributed by atoms with Crippen LogP contribution in [0, 0.1) is 16.7 Å². The minimum atomic E-state index is -0.731. The third-order valence-corrected chi connectivity index (χ3v) is 6.10. The first kappa shape index (κ1) is 13.1. The summed E-state index contributed by atoms with van der Waals surface area (Å²) in [5, 5.41) is 0. The summed E-state index contributed by atoms with van der Waals surface area (Å²) in [4.78, 5) is 27.9. The highest BCUT2D eigenvalue weighted by atomic mass is 16.2. The quantitative estimate of drug-likeness (QED) is 0.743. The Morgan fingerprint density at radius 2 is 2.05 bits per heavy atom. The van der Waals surface area contributed by atoms with E-state index >= 15 is 0 Å². The average molecular weight is 283 g/mol. The maximum absolute atomic E-state index is 13.2. The van der Waals surface area contributed by atoms with Crippen molar-refractivity contribution in [3.8, 4) is 0 Å². The smallest absolute Gasteiger partial charge is 0.240 e. The molecule has 0 unspecified atom stereocenters. The van der Waals surface area contributed by atoms with E-state index < -0.39 is 5.41 Å². The van der Waals surface area contributed by atoms with Gasteiger partial charge in [0.1, 0.15) is 5.41 Å². The van der Waals surface area contributed by atoms with Crippen LogP contribution in [-0.4, -0.2) is 18.2 Å². The van der Waals surface area contributed by atoms with Crippen molar-refractivity contribution in [3.63, 3.8) is 0 Å². The fraction of sp³-hybridized carbons (Fsp3) is 0.556. The topological polar surface area (TPSA) is 37.4 Å². The summed E-state index contributed by atoms with van der Waals surface area (Å²) in [7, 11) is 0. The van der Waals surface area contributed by atoms with Gasteiger partial charge < -0.3 is 4.90 Å². The lowest BCUT2D eigenvalue weighted by atomic mass is 9.70. The van der Waals surface area contributed by atoms with Gasteiger partial charge in [-0.1, -0.05) is 32.0 Å². The average Bonchev–Trinajstić information content (AvgIpc) is 3.14. The standard InChI is InChI=1S/C18H21NO2/c1-17(2)13-7-9-18(11-13,15(17)20)16(21)19-10-8-12-5-3-4-6-14(12)19/h3-6,13H,7-11H2,1-2H3/t13-,18-/m1/s1. The van der Waals surface area contributed by atoms with Crippen LogP contribution in [-0.2, 0) is 16.0 Å². The van der Waals surface area contributed by atoms with Crippen molar-refractivity contribution in [1.82, 2.24) is 0 Å². The van der Waals surface area contributed by atoms with Gasteiger partial charge in [0, 0.05) is 17.6 Å². The van der Waals surface area contributed by atoms with Gasteiger partial charge >= 0.3 is 0 Å². The molecule has 0 aromatic heterocycles. The SMILES string of the molecule is CC1(C)C(=O)[C@@]2(C(=O)N3CCc4ccccc43)CC[C@@H]1C2. The third-order valence-electron chi connectivity index (χ3n) is 6.10. The molecule has 1 heterocycles. The second-order valence-electron chi connectivity index (χ2n) is 7.41.